The van der Waals surface area contributed by atoms with Gasteiger partial charge in [0.2, 0.25) is 0 Å². The van der Waals surface area contributed by atoms with Gasteiger partial charge >= 0.3 is 0 Å². The van der Waals surface area contributed by atoms with Gasteiger partial charge in [-0.15, -0.1) is 11.3 Å². The lowest BCUT2D eigenvalue weighted by Crippen LogP contribution is -2.18. The third-order valence-electron chi connectivity index (χ3n) is 5.82. The predicted octanol–water partition coefficient (Wildman–Crippen LogP) is 5.10. The Morgan fingerprint density at radius 1 is 1.03 bits per heavy atom. The molecule has 0 bridgehead atoms. The second-order valence-corrected chi connectivity index (χ2v) is 11.2. The lowest BCUT2D eigenvalue weighted by molar-refractivity contribution is 0.103. The van der Waals surface area contributed by atoms with Crippen molar-refractivity contribution in [3.05, 3.63) is 53.0 Å². The van der Waals surface area contributed by atoms with Crippen molar-refractivity contribution in [1.82, 2.24) is 4.98 Å². The summed E-state index contributed by atoms with van der Waals surface area (Å²) in [6.07, 6.45) is 3.34. The Morgan fingerprint density at radius 2 is 1.70 bits per heavy atom. The number of benzene rings is 2. The maximum absolute atomic E-state index is 12.9. The average molecular weight is 487 g/mol. The maximum Gasteiger partial charge on any atom is 0.267 e. The number of carbonyl (C=O) groups is 1. The first kappa shape index (κ1) is 23.3. The van der Waals surface area contributed by atoms with Gasteiger partial charge in [-0.3, -0.25) is 4.79 Å². The van der Waals surface area contributed by atoms with Crippen molar-refractivity contribution >= 4 is 32.8 Å². The van der Waals surface area contributed by atoms with Gasteiger partial charge in [0.25, 0.3) is 5.91 Å². The molecule has 1 aliphatic rings. The van der Waals surface area contributed by atoms with Gasteiger partial charge in [0.05, 0.1) is 30.1 Å². The van der Waals surface area contributed by atoms with E-state index in [1.807, 2.05) is 12.1 Å². The van der Waals surface area contributed by atoms with Crippen LogP contribution in [-0.2, 0) is 9.84 Å². The van der Waals surface area contributed by atoms with E-state index in [1.54, 1.807) is 51.5 Å². The molecule has 1 heterocycles. The number of nitrogens with one attached hydrogen (secondary N) is 1. The Hall–Kier alpha value is -2.91. The molecule has 9 heteroatoms. The first-order valence-electron chi connectivity index (χ1n) is 10.7. The first-order valence-corrected chi connectivity index (χ1v) is 13.0. The molecule has 1 N–H and O–H groups in total. The molecule has 0 aliphatic heterocycles. The van der Waals surface area contributed by atoms with Crippen molar-refractivity contribution in [3.8, 4) is 22.1 Å². The number of thiazole rings is 1. The summed E-state index contributed by atoms with van der Waals surface area (Å²) in [4.78, 5) is 18.2. The standard InChI is InChI=1S/C24H26N2O5S2/c1-15-22(32-24(25-15)16-8-13-20(30-2)21(14-16)31-3)23(27)26-17-9-11-19(12-10-17)33(28,29)18-6-4-5-7-18/h8-14,18H,4-7H2,1-3H3,(H,26,27). The lowest BCUT2D eigenvalue weighted by Gasteiger charge is -2.12. The van der Waals surface area contributed by atoms with Crippen LogP contribution in [0.1, 0.15) is 41.0 Å². The van der Waals surface area contributed by atoms with Crippen LogP contribution in [0.5, 0.6) is 11.5 Å². The molecule has 7 nitrogen and oxygen atoms in total. The fourth-order valence-electron chi connectivity index (χ4n) is 4.01. The van der Waals surface area contributed by atoms with E-state index in [2.05, 4.69) is 10.3 Å². The molecule has 1 aromatic heterocycles. The van der Waals surface area contributed by atoms with Crippen LogP contribution < -0.4 is 14.8 Å². The molecule has 4 rings (SSSR count). The van der Waals surface area contributed by atoms with Gasteiger partial charge in [0.1, 0.15) is 9.88 Å². The zero-order valence-corrected chi connectivity index (χ0v) is 20.4. The molecule has 3 aromatic rings. The van der Waals surface area contributed by atoms with E-state index in [-0.39, 0.29) is 11.2 Å². The van der Waals surface area contributed by atoms with Gasteiger partial charge < -0.3 is 14.8 Å². The molecule has 0 unspecified atom stereocenters. The van der Waals surface area contributed by atoms with Gasteiger partial charge in [-0.1, -0.05) is 12.8 Å². The molecule has 1 fully saturated rings. The second kappa shape index (κ2) is 9.52. The minimum Gasteiger partial charge on any atom is -0.493 e. The highest BCUT2D eigenvalue weighted by atomic mass is 32.2. The van der Waals surface area contributed by atoms with Crippen LogP contribution in [0.15, 0.2) is 47.4 Å². The number of nitrogens with zero attached hydrogens (tertiary/aromatic N) is 1. The quantitative estimate of drug-likeness (QED) is 0.499. The highest BCUT2D eigenvalue weighted by molar-refractivity contribution is 7.92. The maximum atomic E-state index is 12.9. The van der Waals surface area contributed by atoms with E-state index in [0.717, 1.165) is 18.4 Å². The van der Waals surface area contributed by atoms with E-state index in [1.165, 1.54) is 11.3 Å². The van der Waals surface area contributed by atoms with Gasteiger partial charge in [-0.05, 0) is 62.2 Å². The summed E-state index contributed by atoms with van der Waals surface area (Å²) >= 11 is 1.28. The van der Waals surface area contributed by atoms with Gasteiger partial charge in [-0.25, -0.2) is 13.4 Å². The summed E-state index contributed by atoms with van der Waals surface area (Å²) in [5.74, 6) is 0.913. The van der Waals surface area contributed by atoms with Crippen LogP contribution in [-0.4, -0.2) is 38.8 Å². The summed E-state index contributed by atoms with van der Waals surface area (Å²) in [6.45, 7) is 1.78. The van der Waals surface area contributed by atoms with Crippen LogP contribution >= 0.6 is 11.3 Å². The number of aromatic nitrogens is 1. The molecule has 0 saturated heterocycles. The number of amides is 1. The number of rotatable bonds is 7. The highest BCUT2D eigenvalue weighted by Crippen LogP contribution is 2.35. The molecule has 0 atom stereocenters. The number of hydrogen-bond acceptors (Lipinski definition) is 7. The van der Waals surface area contributed by atoms with E-state index in [4.69, 9.17) is 9.47 Å². The van der Waals surface area contributed by atoms with E-state index in [0.29, 0.717) is 50.5 Å². The molecule has 1 aliphatic carbocycles. The third kappa shape index (κ3) is 4.74. The Kier molecular flexibility index (Phi) is 6.71. The Labute approximate surface area is 197 Å². The van der Waals surface area contributed by atoms with Gasteiger partial charge in [0.15, 0.2) is 21.3 Å². The zero-order chi connectivity index (χ0) is 23.6. The number of sulfone groups is 1. The smallest absolute Gasteiger partial charge is 0.267 e. The number of ether oxygens (including phenoxy) is 2. The van der Waals surface area contributed by atoms with Crippen molar-refractivity contribution < 1.29 is 22.7 Å². The SMILES string of the molecule is COc1ccc(-c2nc(C)c(C(=O)Nc3ccc(S(=O)(=O)C4CCCC4)cc3)s2)cc1OC. The summed E-state index contributed by atoms with van der Waals surface area (Å²) < 4.78 is 36.1. The fraction of sp³-hybridized carbons (Fsp3) is 0.333. The summed E-state index contributed by atoms with van der Waals surface area (Å²) in [7, 11) is -0.180. The third-order valence-corrected chi connectivity index (χ3v) is 9.30. The number of aryl methyl sites for hydroxylation is 1. The first-order chi connectivity index (χ1) is 15.8. The second-order valence-electron chi connectivity index (χ2n) is 7.93. The van der Waals surface area contributed by atoms with E-state index < -0.39 is 9.84 Å². The lowest BCUT2D eigenvalue weighted by atomic mass is 10.2. The molecule has 0 spiro atoms. The largest absolute Gasteiger partial charge is 0.493 e. The molecule has 1 saturated carbocycles. The monoisotopic (exact) mass is 486 g/mol. The average Bonchev–Trinajstić information content (AvgIpc) is 3.49. The van der Waals surface area contributed by atoms with Crippen molar-refractivity contribution in [2.75, 3.05) is 19.5 Å². The predicted molar refractivity (Wildman–Crippen MR) is 129 cm³/mol. The van der Waals surface area contributed by atoms with Crippen LogP contribution in [0.25, 0.3) is 10.6 Å². The number of methoxy groups -OCH3 is 2. The van der Waals surface area contributed by atoms with Crippen LogP contribution in [0.4, 0.5) is 5.69 Å². The molecule has 0 radical (unpaired) electrons. The Bertz CT molecular complexity index is 1260. The van der Waals surface area contributed by atoms with Gasteiger partial charge in [-0.2, -0.15) is 0 Å². The molecular formula is C24H26N2O5S2. The van der Waals surface area contributed by atoms with Crippen LogP contribution in [0.3, 0.4) is 0 Å². The van der Waals surface area contributed by atoms with Gasteiger partial charge in [0, 0.05) is 11.3 Å². The van der Waals surface area contributed by atoms with Crippen molar-refractivity contribution in [3.63, 3.8) is 0 Å². The fourth-order valence-corrected chi connectivity index (χ4v) is 6.82. The van der Waals surface area contributed by atoms with Crippen LogP contribution in [0, 0.1) is 6.92 Å². The molecule has 2 aromatic carbocycles. The van der Waals surface area contributed by atoms with Crippen molar-refractivity contribution in [2.45, 2.75) is 42.8 Å². The highest BCUT2D eigenvalue weighted by Gasteiger charge is 2.30. The molecule has 33 heavy (non-hydrogen) atoms. The number of hydrogen-bond donors (Lipinski definition) is 1. The normalized spacial score (nSPS) is 14.3. The molecule has 1 amide bonds. The Balaban J connectivity index is 1.51. The summed E-state index contributed by atoms with van der Waals surface area (Å²) in [6, 6.07) is 11.9. The topological polar surface area (TPSA) is 94.6 Å². The Morgan fingerprint density at radius 3 is 2.33 bits per heavy atom. The van der Waals surface area contributed by atoms with Crippen LogP contribution in [0.2, 0.25) is 0 Å². The zero-order valence-electron chi connectivity index (χ0n) is 18.8. The number of anilines is 1. The minimum atomic E-state index is -3.32. The summed E-state index contributed by atoms with van der Waals surface area (Å²) in [5.41, 5.74) is 1.97. The minimum absolute atomic E-state index is 0.289. The molecular weight excluding hydrogens is 460 g/mol. The van der Waals surface area contributed by atoms with E-state index >= 15 is 0 Å². The number of carbonyl (C=O) groups excluding carboxylic acids is 1. The van der Waals surface area contributed by atoms with E-state index in [9.17, 15) is 13.2 Å². The van der Waals surface area contributed by atoms with Crippen molar-refractivity contribution in [2.24, 2.45) is 0 Å². The summed E-state index contributed by atoms with van der Waals surface area (Å²) in [5, 5.41) is 3.24. The molecule has 174 valence electrons. The van der Waals surface area contributed by atoms with Crippen molar-refractivity contribution in [1.29, 1.82) is 0 Å².